The Balaban J connectivity index is 1.90. The molecule has 0 spiro atoms. The zero-order chi connectivity index (χ0) is 19.4. The third kappa shape index (κ3) is 4.42. The maximum atomic E-state index is 13.0. The van der Waals surface area contributed by atoms with Gasteiger partial charge in [-0.1, -0.05) is 24.3 Å². The quantitative estimate of drug-likeness (QED) is 0.602. The van der Waals surface area contributed by atoms with Crippen molar-refractivity contribution in [1.29, 1.82) is 0 Å². The third-order valence-electron chi connectivity index (χ3n) is 3.69. The topological polar surface area (TPSA) is 107 Å². The number of urea groups is 1. The number of hydrogen-bond acceptors (Lipinski definition) is 4. The van der Waals surface area contributed by atoms with Crippen LogP contribution in [0.1, 0.15) is 15.9 Å². The highest BCUT2D eigenvalue weighted by Crippen LogP contribution is 2.39. The number of thiophene rings is 1. The van der Waals surface area contributed by atoms with E-state index in [4.69, 9.17) is 16.2 Å². The molecule has 3 aromatic rings. The number of amides is 3. The zero-order valence-corrected chi connectivity index (χ0v) is 14.9. The minimum absolute atomic E-state index is 0.169. The van der Waals surface area contributed by atoms with Gasteiger partial charge in [0.25, 0.3) is 5.91 Å². The minimum atomic E-state index is -0.785. The maximum Gasteiger partial charge on any atom is 0.317 e. The molecule has 0 aliphatic carbocycles. The van der Waals surface area contributed by atoms with Gasteiger partial charge < -0.3 is 16.2 Å². The highest BCUT2D eigenvalue weighted by atomic mass is 32.1. The van der Waals surface area contributed by atoms with Gasteiger partial charge in [0.1, 0.15) is 23.2 Å². The van der Waals surface area contributed by atoms with Crippen molar-refractivity contribution in [2.24, 2.45) is 11.5 Å². The number of primary amides is 2. The Hall–Kier alpha value is -3.39. The van der Waals surface area contributed by atoms with E-state index in [-0.39, 0.29) is 23.0 Å². The van der Waals surface area contributed by atoms with Crippen LogP contribution in [0.25, 0.3) is 10.4 Å². The lowest BCUT2D eigenvalue weighted by Gasteiger charge is -2.10. The largest absolute Gasteiger partial charge is 0.488 e. The summed E-state index contributed by atoms with van der Waals surface area (Å²) in [5.41, 5.74) is 12.2. The Morgan fingerprint density at radius 2 is 1.78 bits per heavy atom. The molecule has 0 saturated carbocycles. The van der Waals surface area contributed by atoms with Gasteiger partial charge in [-0.3, -0.25) is 10.1 Å². The molecule has 0 radical (unpaired) electrons. The molecule has 3 amide bonds. The first-order chi connectivity index (χ1) is 12.9. The van der Waals surface area contributed by atoms with E-state index in [1.165, 1.54) is 12.1 Å². The van der Waals surface area contributed by atoms with Crippen molar-refractivity contribution in [3.05, 3.63) is 71.5 Å². The number of nitrogens with two attached hydrogens (primary N) is 2. The Labute approximate surface area is 158 Å². The monoisotopic (exact) mass is 385 g/mol. The van der Waals surface area contributed by atoms with Crippen LogP contribution in [-0.2, 0) is 6.61 Å². The molecule has 27 heavy (non-hydrogen) atoms. The molecule has 138 valence electrons. The zero-order valence-electron chi connectivity index (χ0n) is 14.1. The SMILES string of the molecule is NC(=O)Nc1sc(-c2ccccc2OCc2ccc(F)cc2)cc1C(N)=O. The van der Waals surface area contributed by atoms with E-state index in [1.54, 1.807) is 24.3 Å². The van der Waals surface area contributed by atoms with Crippen molar-refractivity contribution >= 4 is 28.3 Å². The fraction of sp³-hybridized carbons (Fsp3) is 0.0526. The number of halogens is 1. The minimum Gasteiger partial charge on any atom is -0.488 e. The lowest BCUT2D eigenvalue weighted by atomic mass is 10.1. The van der Waals surface area contributed by atoms with Gasteiger partial charge in [-0.2, -0.15) is 0 Å². The van der Waals surface area contributed by atoms with Crippen molar-refractivity contribution in [3.63, 3.8) is 0 Å². The van der Waals surface area contributed by atoms with Gasteiger partial charge in [0, 0.05) is 10.4 Å². The number of carbonyl (C=O) groups is 2. The molecule has 2 aromatic carbocycles. The maximum absolute atomic E-state index is 13.0. The summed E-state index contributed by atoms with van der Waals surface area (Å²) in [6.07, 6.45) is 0. The molecule has 5 N–H and O–H groups in total. The summed E-state index contributed by atoms with van der Waals surface area (Å²) in [4.78, 5) is 23.5. The van der Waals surface area contributed by atoms with Gasteiger partial charge in [-0.05, 0) is 35.9 Å². The van der Waals surface area contributed by atoms with E-state index in [2.05, 4.69) is 5.32 Å². The van der Waals surface area contributed by atoms with Gasteiger partial charge in [0.15, 0.2) is 0 Å². The Morgan fingerprint density at radius 3 is 2.44 bits per heavy atom. The van der Waals surface area contributed by atoms with E-state index < -0.39 is 11.9 Å². The standard InChI is InChI=1S/C19H16FN3O3S/c20-12-7-5-11(6-8-12)10-26-15-4-2-1-3-13(15)16-9-14(17(21)24)18(27-16)23-19(22)25/h1-9H,10H2,(H2,21,24)(H3,22,23,25). The Bertz CT molecular complexity index is 986. The van der Waals surface area contributed by atoms with Crippen LogP contribution in [0.4, 0.5) is 14.2 Å². The molecule has 0 bridgehead atoms. The molecular formula is C19H16FN3O3S. The van der Waals surface area contributed by atoms with Crippen molar-refractivity contribution in [2.45, 2.75) is 6.61 Å². The van der Waals surface area contributed by atoms with Gasteiger partial charge >= 0.3 is 6.03 Å². The van der Waals surface area contributed by atoms with Crippen LogP contribution in [0.3, 0.4) is 0 Å². The van der Waals surface area contributed by atoms with Crippen LogP contribution in [0, 0.1) is 5.82 Å². The van der Waals surface area contributed by atoms with Crippen molar-refractivity contribution in [2.75, 3.05) is 5.32 Å². The number of rotatable bonds is 6. The number of nitrogens with one attached hydrogen (secondary N) is 1. The summed E-state index contributed by atoms with van der Waals surface area (Å²) < 4.78 is 18.9. The summed E-state index contributed by atoms with van der Waals surface area (Å²) >= 11 is 1.16. The first-order valence-corrected chi connectivity index (χ1v) is 8.72. The first-order valence-electron chi connectivity index (χ1n) is 7.91. The lowest BCUT2D eigenvalue weighted by molar-refractivity contribution is 0.100. The van der Waals surface area contributed by atoms with Crippen LogP contribution in [0.15, 0.2) is 54.6 Å². The lowest BCUT2D eigenvalue weighted by Crippen LogP contribution is -2.21. The van der Waals surface area contributed by atoms with Crippen LogP contribution >= 0.6 is 11.3 Å². The van der Waals surface area contributed by atoms with Crippen LogP contribution in [0.5, 0.6) is 5.75 Å². The van der Waals surface area contributed by atoms with Crippen molar-refractivity contribution < 1.29 is 18.7 Å². The van der Waals surface area contributed by atoms with E-state index >= 15 is 0 Å². The average molecular weight is 385 g/mol. The summed E-state index contributed by atoms with van der Waals surface area (Å²) in [5, 5.41) is 2.68. The fourth-order valence-electron chi connectivity index (χ4n) is 2.45. The number of benzene rings is 2. The second kappa shape index (κ2) is 7.88. The first kappa shape index (κ1) is 18.4. The van der Waals surface area contributed by atoms with E-state index in [9.17, 15) is 14.0 Å². The predicted molar refractivity (Wildman–Crippen MR) is 102 cm³/mol. The molecule has 0 aliphatic rings. The molecule has 1 aromatic heterocycles. The third-order valence-corrected chi connectivity index (χ3v) is 4.78. The van der Waals surface area contributed by atoms with Crippen LogP contribution in [-0.4, -0.2) is 11.9 Å². The number of hydrogen-bond donors (Lipinski definition) is 3. The highest BCUT2D eigenvalue weighted by Gasteiger charge is 2.18. The van der Waals surface area contributed by atoms with Gasteiger partial charge in [0.2, 0.25) is 0 Å². The normalized spacial score (nSPS) is 10.4. The summed E-state index contributed by atoms with van der Waals surface area (Å²) in [6, 6.07) is 14.1. The van der Waals surface area contributed by atoms with Crippen LogP contribution < -0.4 is 21.5 Å². The molecular weight excluding hydrogens is 369 g/mol. The van der Waals surface area contributed by atoms with Gasteiger partial charge in [0.05, 0.1) is 5.56 Å². The van der Waals surface area contributed by atoms with Crippen molar-refractivity contribution in [3.8, 4) is 16.2 Å². The molecule has 0 unspecified atom stereocenters. The number of carbonyl (C=O) groups excluding carboxylic acids is 2. The average Bonchev–Trinajstić information content (AvgIpc) is 3.04. The van der Waals surface area contributed by atoms with Gasteiger partial charge in [-0.25, -0.2) is 9.18 Å². The molecule has 0 atom stereocenters. The summed E-state index contributed by atoms with van der Waals surface area (Å²) in [6.45, 7) is 0.248. The highest BCUT2D eigenvalue weighted by molar-refractivity contribution is 7.20. The molecule has 0 aliphatic heterocycles. The second-order valence-electron chi connectivity index (χ2n) is 5.62. The number of para-hydroxylation sites is 1. The number of anilines is 1. The van der Waals surface area contributed by atoms with E-state index in [1.807, 2.05) is 18.2 Å². The molecule has 0 saturated heterocycles. The molecule has 6 nitrogen and oxygen atoms in total. The van der Waals surface area contributed by atoms with E-state index in [0.717, 1.165) is 22.5 Å². The summed E-state index contributed by atoms with van der Waals surface area (Å²) in [7, 11) is 0. The predicted octanol–water partition coefficient (Wildman–Crippen LogP) is 3.72. The fourth-order valence-corrected chi connectivity index (χ4v) is 3.55. The molecule has 8 heteroatoms. The molecule has 3 rings (SSSR count). The Morgan fingerprint density at radius 1 is 1.07 bits per heavy atom. The molecule has 0 fully saturated rings. The second-order valence-corrected chi connectivity index (χ2v) is 6.67. The van der Waals surface area contributed by atoms with Crippen molar-refractivity contribution in [1.82, 2.24) is 0 Å². The number of ether oxygens (including phenoxy) is 1. The Kier molecular flexibility index (Phi) is 5.37. The van der Waals surface area contributed by atoms with E-state index in [0.29, 0.717) is 10.6 Å². The smallest absolute Gasteiger partial charge is 0.317 e. The summed E-state index contributed by atoms with van der Waals surface area (Å²) in [5.74, 6) is -0.415. The molecule has 1 heterocycles. The van der Waals surface area contributed by atoms with Gasteiger partial charge in [-0.15, -0.1) is 11.3 Å². The van der Waals surface area contributed by atoms with Crippen LogP contribution in [0.2, 0.25) is 0 Å².